The van der Waals surface area contributed by atoms with Gasteiger partial charge in [0.15, 0.2) is 6.61 Å². The van der Waals surface area contributed by atoms with Crippen LogP contribution in [0.1, 0.15) is 46.0 Å². The first kappa shape index (κ1) is 18.5. The molecule has 0 aliphatic carbocycles. The van der Waals surface area contributed by atoms with Crippen molar-refractivity contribution < 1.29 is 24.2 Å². The first-order valence-corrected chi connectivity index (χ1v) is 8.25. The molecule has 7 heteroatoms. The highest BCUT2D eigenvalue weighted by atomic mass is 32.2. The number of carbonyl (C=O) groups is 3. The Hall–Kier alpha value is -1.50. The number of carboxylic acids is 1. The zero-order valence-electron chi connectivity index (χ0n) is 13.0. The summed E-state index contributed by atoms with van der Waals surface area (Å²) in [5, 5.41) is 10.6. The van der Waals surface area contributed by atoms with Crippen LogP contribution in [0.25, 0.3) is 0 Å². The van der Waals surface area contributed by atoms with Crippen LogP contribution < -0.4 is 5.32 Å². The molecule has 1 atom stereocenters. The molecule has 1 rings (SSSR count). The molecule has 0 unspecified atom stereocenters. The van der Waals surface area contributed by atoms with E-state index in [2.05, 4.69) is 12.2 Å². The number of unbranched alkanes of at least 4 members (excludes halogenated alkanes) is 3. The second-order valence-electron chi connectivity index (χ2n) is 5.43. The van der Waals surface area contributed by atoms with Gasteiger partial charge < -0.3 is 15.2 Å². The zero-order valence-corrected chi connectivity index (χ0v) is 13.8. The highest BCUT2D eigenvalue weighted by molar-refractivity contribution is 8.15. The smallest absolute Gasteiger partial charge is 0.322 e. The Morgan fingerprint density at radius 3 is 2.73 bits per heavy atom. The van der Waals surface area contributed by atoms with E-state index < -0.39 is 23.2 Å². The van der Waals surface area contributed by atoms with Crippen LogP contribution >= 0.6 is 11.8 Å². The standard InChI is InChI=1S/C15H23NO5S/c1-3-4-5-6-7-15(2)11(8-14(20)22-15)21-10-12(17)16-9-13(18)19/h8H,3-7,9-10H2,1-2H3,(H,16,17)(H,18,19)/t15-/m1/s1. The van der Waals surface area contributed by atoms with E-state index >= 15 is 0 Å². The molecule has 2 N–H and O–H groups in total. The number of carboxylic acid groups (broad SMARTS) is 1. The maximum atomic E-state index is 11.6. The first-order chi connectivity index (χ1) is 10.4. The average molecular weight is 329 g/mol. The lowest BCUT2D eigenvalue weighted by atomic mass is 9.99. The second-order valence-corrected chi connectivity index (χ2v) is 6.94. The van der Waals surface area contributed by atoms with Crippen LogP contribution in [0, 0.1) is 0 Å². The van der Waals surface area contributed by atoms with Crippen molar-refractivity contribution in [1.82, 2.24) is 5.32 Å². The van der Waals surface area contributed by atoms with E-state index in [9.17, 15) is 14.4 Å². The molecule has 0 aromatic heterocycles. The molecule has 0 fully saturated rings. The third-order valence-corrected chi connectivity index (χ3v) is 4.57. The van der Waals surface area contributed by atoms with Crippen molar-refractivity contribution in [3.8, 4) is 0 Å². The normalized spacial score (nSPS) is 20.6. The lowest BCUT2D eigenvalue weighted by molar-refractivity contribution is -0.138. The number of hydrogen-bond acceptors (Lipinski definition) is 5. The Balaban J connectivity index is 2.47. The van der Waals surface area contributed by atoms with E-state index in [0.29, 0.717) is 5.76 Å². The fraction of sp³-hybridized carbons (Fsp3) is 0.667. The van der Waals surface area contributed by atoms with Crippen molar-refractivity contribution in [2.75, 3.05) is 13.2 Å². The van der Waals surface area contributed by atoms with Crippen LogP contribution in [-0.4, -0.2) is 40.0 Å². The Kier molecular flexibility index (Phi) is 7.44. The van der Waals surface area contributed by atoms with E-state index in [4.69, 9.17) is 9.84 Å². The summed E-state index contributed by atoms with van der Waals surface area (Å²) in [5.74, 6) is -1.12. The summed E-state index contributed by atoms with van der Waals surface area (Å²) in [6.45, 7) is 3.36. The molecule has 1 aliphatic heterocycles. The molecule has 0 aromatic rings. The Bertz CT molecular complexity index is 463. The van der Waals surface area contributed by atoms with Crippen molar-refractivity contribution in [2.24, 2.45) is 0 Å². The number of ether oxygens (including phenoxy) is 1. The molecule has 0 spiro atoms. The van der Waals surface area contributed by atoms with Gasteiger partial charge in [0.1, 0.15) is 12.3 Å². The minimum atomic E-state index is -1.11. The van der Waals surface area contributed by atoms with Gasteiger partial charge in [0, 0.05) is 6.08 Å². The molecule has 0 radical (unpaired) electrons. The summed E-state index contributed by atoms with van der Waals surface area (Å²) in [6.07, 6.45) is 6.64. The molecule has 1 heterocycles. The SMILES string of the molecule is CCCCCC[C@@]1(C)SC(=O)C=C1OCC(=O)NCC(=O)O. The molecule has 0 saturated heterocycles. The predicted molar refractivity (Wildman–Crippen MR) is 84.4 cm³/mol. The highest BCUT2D eigenvalue weighted by Gasteiger charge is 2.39. The number of thioether (sulfide) groups is 1. The number of hydrogen-bond donors (Lipinski definition) is 2. The summed E-state index contributed by atoms with van der Waals surface area (Å²) in [5.41, 5.74) is 0. The third-order valence-electron chi connectivity index (χ3n) is 3.40. The average Bonchev–Trinajstić information content (AvgIpc) is 2.73. The first-order valence-electron chi connectivity index (χ1n) is 7.44. The number of carbonyl (C=O) groups excluding carboxylic acids is 2. The maximum Gasteiger partial charge on any atom is 0.322 e. The minimum Gasteiger partial charge on any atom is -0.486 e. The highest BCUT2D eigenvalue weighted by Crippen LogP contribution is 2.43. The molecular weight excluding hydrogens is 306 g/mol. The minimum absolute atomic E-state index is 0.0704. The molecular formula is C15H23NO5S. The Morgan fingerprint density at radius 1 is 1.36 bits per heavy atom. The van der Waals surface area contributed by atoms with Crippen LogP contribution in [-0.2, 0) is 19.1 Å². The molecule has 1 aliphatic rings. The number of aliphatic carboxylic acids is 1. The third kappa shape index (κ3) is 6.09. The zero-order chi connectivity index (χ0) is 16.6. The van der Waals surface area contributed by atoms with Crippen molar-refractivity contribution >= 4 is 28.8 Å². The molecule has 0 bridgehead atoms. The van der Waals surface area contributed by atoms with Gasteiger partial charge in [0.2, 0.25) is 5.12 Å². The number of nitrogens with one attached hydrogen (secondary N) is 1. The summed E-state index contributed by atoms with van der Waals surface area (Å²) in [4.78, 5) is 33.5. The van der Waals surface area contributed by atoms with Crippen LogP contribution in [0.2, 0.25) is 0 Å². The topological polar surface area (TPSA) is 92.7 Å². The van der Waals surface area contributed by atoms with Gasteiger partial charge in [-0.2, -0.15) is 0 Å². The van der Waals surface area contributed by atoms with Gasteiger partial charge in [0.25, 0.3) is 5.91 Å². The predicted octanol–water partition coefficient (Wildman–Crippen LogP) is 2.09. The number of amides is 1. The summed E-state index contributed by atoms with van der Waals surface area (Å²) >= 11 is 1.22. The van der Waals surface area contributed by atoms with Gasteiger partial charge in [-0.1, -0.05) is 44.4 Å². The van der Waals surface area contributed by atoms with Gasteiger partial charge in [0.05, 0.1) is 4.75 Å². The molecule has 0 aromatic carbocycles. The quantitative estimate of drug-likeness (QED) is 0.596. The summed E-state index contributed by atoms with van der Waals surface area (Å²) in [7, 11) is 0. The lowest BCUT2D eigenvalue weighted by Gasteiger charge is -2.25. The van der Waals surface area contributed by atoms with Gasteiger partial charge in [-0.3, -0.25) is 14.4 Å². The summed E-state index contributed by atoms with van der Waals surface area (Å²) in [6, 6.07) is 0. The van der Waals surface area contributed by atoms with Crippen LogP contribution in [0.3, 0.4) is 0 Å². The van der Waals surface area contributed by atoms with Crippen molar-refractivity contribution in [3.63, 3.8) is 0 Å². The van der Waals surface area contributed by atoms with Crippen molar-refractivity contribution in [1.29, 1.82) is 0 Å². The van der Waals surface area contributed by atoms with Gasteiger partial charge in [-0.15, -0.1) is 0 Å². The summed E-state index contributed by atoms with van der Waals surface area (Å²) < 4.78 is 5.02. The number of rotatable bonds is 10. The molecule has 124 valence electrons. The van der Waals surface area contributed by atoms with E-state index in [1.54, 1.807) is 0 Å². The molecule has 1 amide bonds. The van der Waals surface area contributed by atoms with Crippen LogP contribution in [0.15, 0.2) is 11.8 Å². The Morgan fingerprint density at radius 2 is 2.09 bits per heavy atom. The van der Waals surface area contributed by atoms with Crippen LogP contribution in [0.5, 0.6) is 0 Å². The largest absolute Gasteiger partial charge is 0.486 e. The van der Waals surface area contributed by atoms with Gasteiger partial charge in [-0.05, 0) is 13.3 Å². The maximum absolute atomic E-state index is 11.6. The van der Waals surface area contributed by atoms with E-state index in [1.807, 2.05) is 6.92 Å². The van der Waals surface area contributed by atoms with E-state index in [0.717, 1.165) is 32.1 Å². The molecule has 0 saturated carbocycles. The van der Waals surface area contributed by atoms with Crippen LogP contribution in [0.4, 0.5) is 0 Å². The van der Waals surface area contributed by atoms with Gasteiger partial charge in [-0.25, -0.2) is 0 Å². The lowest BCUT2D eigenvalue weighted by Crippen LogP contribution is -2.33. The molecule has 6 nitrogen and oxygen atoms in total. The second kappa shape index (κ2) is 8.82. The monoisotopic (exact) mass is 329 g/mol. The van der Waals surface area contributed by atoms with Crippen molar-refractivity contribution in [3.05, 3.63) is 11.8 Å². The van der Waals surface area contributed by atoms with E-state index in [-0.39, 0.29) is 11.7 Å². The fourth-order valence-corrected chi connectivity index (χ4v) is 3.26. The Labute approximate surface area is 134 Å². The molecule has 22 heavy (non-hydrogen) atoms. The van der Waals surface area contributed by atoms with Crippen molar-refractivity contribution in [2.45, 2.75) is 50.7 Å². The van der Waals surface area contributed by atoms with Gasteiger partial charge >= 0.3 is 5.97 Å². The van der Waals surface area contributed by atoms with E-state index in [1.165, 1.54) is 17.8 Å². The fourth-order valence-electron chi connectivity index (χ4n) is 2.19.